The molecule has 1 amide bonds. The molecule has 1 aromatic carbocycles. The summed E-state index contributed by atoms with van der Waals surface area (Å²) < 4.78 is 0. The summed E-state index contributed by atoms with van der Waals surface area (Å²) >= 11 is 0. The number of hydrogen-bond donors (Lipinski definition) is 1. The van der Waals surface area contributed by atoms with Crippen molar-refractivity contribution < 1.29 is 4.79 Å². The van der Waals surface area contributed by atoms with E-state index in [1.807, 2.05) is 6.07 Å². The van der Waals surface area contributed by atoms with Gasteiger partial charge >= 0.3 is 0 Å². The fourth-order valence-corrected chi connectivity index (χ4v) is 3.19. The summed E-state index contributed by atoms with van der Waals surface area (Å²) in [6, 6.07) is 10.8. The van der Waals surface area contributed by atoms with E-state index in [9.17, 15) is 4.79 Å². The molecule has 3 rings (SSSR count). The SMILES string of the molecule is CN1C[C@H]2CN(Cc3ccccc3)C[C@@H](C1)C(=O)N2. The van der Waals surface area contributed by atoms with Crippen LogP contribution in [0.5, 0.6) is 0 Å². The topological polar surface area (TPSA) is 35.6 Å². The van der Waals surface area contributed by atoms with Gasteiger partial charge in [0.1, 0.15) is 0 Å². The monoisotopic (exact) mass is 259 g/mol. The number of carbonyl (C=O) groups is 1. The summed E-state index contributed by atoms with van der Waals surface area (Å²) in [6.45, 7) is 4.57. The van der Waals surface area contributed by atoms with E-state index in [4.69, 9.17) is 0 Å². The van der Waals surface area contributed by atoms with Crippen molar-refractivity contribution in [1.82, 2.24) is 15.1 Å². The van der Waals surface area contributed by atoms with E-state index >= 15 is 0 Å². The number of nitrogens with one attached hydrogen (secondary N) is 1. The van der Waals surface area contributed by atoms with Crippen LogP contribution in [0.1, 0.15) is 5.56 Å². The molecule has 19 heavy (non-hydrogen) atoms. The van der Waals surface area contributed by atoms with Gasteiger partial charge in [-0.3, -0.25) is 9.69 Å². The average molecular weight is 259 g/mol. The van der Waals surface area contributed by atoms with Crippen LogP contribution >= 0.6 is 0 Å². The van der Waals surface area contributed by atoms with Crippen LogP contribution in [0.25, 0.3) is 0 Å². The number of benzene rings is 1. The fraction of sp³-hybridized carbons (Fsp3) is 0.533. The molecule has 102 valence electrons. The van der Waals surface area contributed by atoms with Crippen molar-refractivity contribution in [2.45, 2.75) is 12.6 Å². The molecular weight excluding hydrogens is 238 g/mol. The first kappa shape index (κ1) is 12.6. The Labute approximate surface area is 114 Å². The molecule has 0 unspecified atom stereocenters. The van der Waals surface area contributed by atoms with Crippen molar-refractivity contribution in [1.29, 1.82) is 0 Å². The summed E-state index contributed by atoms with van der Waals surface area (Å²) in [4.78, 5) is 16.8. The normalized spacial score (nSPS) is 28.8. The largest absolute Gasteiger partial charge is 0.350 e. The zero-order valence-electron chi connectivity index (χ0n) is 11.4. The number of carbonyl (C=O) groups excluding carboxylic acids is 1. The summed E-state index contributed by atoms with van der Waals surface area (Å²) in [5, 5.41) is 3.16. The highest BCUT2D eigenvalue weighted by atomic mass is 16.2. The van der Waals surface area contributed by atoms with Crippen LogP contribution < -0.4 is 5.32 Å². The second kappa shape index (κ2) is 5.31. The van der Waals surface area contributed by atoms with Crippen molar-refractivity contribution >= 4 is 5.91 Å². The van der Waals surface area contributed by atoms with E-state index in [-0.39, 0.29) is 17.9 Å². The lowest BCUT2D eigenvalue weighted by atomic mass is 10.1. The standard InChI is InChI=1S/C15H21N3O/c1-17-8-13-9-18(7-12-5-3-2-4-6-12)11-14(10-17)16-15(13)19/h2-6,13-14H,7-11H2,1H3,(H,16,19)/t13-,14+/m1/s1. The average Bonchev–Trinajstić information content (AvgIpc) is 2.57. The van der Waals surface area contributed by atoms with E-state index in [1.54, 1.807) is 0 Å². The molecule has 2 bridgehead atoms. The van der Waals surface area contributed by atoms with Crippen LogP contribution in [0.4, 0.5) is 0 Å². The Bertz CT molecular complexity index is 448. The van der Waals surface area contributed by atoms with Crippen LogP contribution in [0.15, 0.2) is 30.3 Å². The molecule has 1 N–H and O–H groups in total. The Morgan fingerprint density at radius 3 is 2.74 bits per heavy atom. The van der Waals surface area contributed by atoms with Crippen molar-refractivity contribution in [3.8, 4) is 0 Å². The maximum Gasteiger partial charge on any atom is 0.226 e. The van der Waals surface area contributed by atoms with E-state index in [0.29, 0.717) is 0 Å². The number of rotatable bonds is 2. The molecule has 0 spiro atoms. The van der Waals surface area contributed by atoms with Gasteiger partial charge in [-0.2, -0.15) is 0 Å². The molecule has 2 fully saturated rings. The van der Waals surface area contributed by atoms with Gasteiger partial charge in [-0.1, -0.05) is 30.3 Å². The molecule has 2 aliphatic rings. The van der Waals surface area contributed by atoms with Crippen molar-refractivity contribution in [3.63, 3.8) is 0 Å². The predicted molar refractivity (Wildman–Crippen MR) is 74.6 cm³/mol. The lowest BCUT2D eigenvalue weighted by molar-refractivity contribution is -0.124. The highest BCUT2D eigenvalue weighted by molar-refractivity contribution is 5.80. The smallest absolute Gasteiger partial charge is 0.226 e. The molecule has 2 aliphatic heterocycles. The molecule has 0 aliphatic carbocycles. The lowest BCUT2D eigenvalue weighted by Crippen LogP contribution is -2.45. The van der Waals surface area contributed by atoms with E-state index in [2.05, 4.69) is 46.4 Å². The highest BCUT2D eigenvalue weighted by Gasteiger charge is 2.34. The Kier molecular flexibility index (Phi) is 3.53. The summed E-state index contributed by atoms with van der Waals surface area (Å²) in [5.41, 5.74) is 1.32. The van der Waals surface area contributed by atoms with Crippen LogP contribution in [-0.2, 0) is 11.3 Å². The molecule has 0 aromatic heterocycles. The van der Waals surface area contributed by atoms with Crippen molar-refractivity contribution in [2.24, 2.45) is 5.92 Å². The van der Waals surface area contributed by atoms with Gasteiger partial charge in [0, 0.05) is 32.7 Å². The number of fused-ring (bicyclic) bond motifs is 3. The fourth-order valence-electron chi connectivity index (χ4n) is 3.19. The van der Waals surface area contributed by atoms with Gasteiger partial charge in [0.05, 0.1) is 12.0 Å². The van der Waals surface area contributed by atoms with E-state index in [1.165, 1.54) is 5.56 Å². The third-order valence-electron chi connectivity index (χ3n) is 3.99. The maximum atomic E-state index is 12.1. The molecule has 2 saturated heterocycles. The first-order chi connectivity index (χ1) is 9.20. The molecule has 1 aromatic rings. The van der Waals surface area contributed by atoms with Crippen LogP contribution in [-0.4, -0.2) is 55.0 Å². The number of hydrogen-bond acceptors (Lipinski definition) is 3. The van der Waals surface area contributed by atoms with Gasteiger partial charge in [0.2, 0.25) is 5.91 Å². The first-order valence-corrected chi connectivity index (χ1v) is 6.96. The molecular formula is C15H21N3O. The van der Waals surface area contributed by atoms with Gasteiger partial charge in [-0.25, -0.2) is 0 Å². The number of amides is 1. The molecule has 4 heteroatoms. The quantitative estimate of drug-likeness (QED) is 0.842. The second-order valence-electron chi connectivity index (χ2n) is 5.80. The van der Waals surface area contributed by atoms with E-state index in [0.717, 1.165) is 32.7 Å². The lowest BCUT2D eigenvalue weighted by Gasteiger charge is -2.31. The Hall–Kier alpha value is -1.39. The summed E-state index contributed by atoms with van der Waals surface area (Å²) in [5.74, 6) is 0.325. The Morgan fingerprint density at radius 2 is 1.95 bits per heavy atom. The Morgan fingerprint density at radius 1 is 1.16 bits per heavy atom. The molecule has 2 atom stereocenters. The maximum absolute atomic E-state index is 12.1. The minimum atomic E-state index is 0.0983. The zero-order chi connectivity index (χ0) is 13.2. The molecule has 0 radical (unpaired) electrons. The highest BCUT2D eigenvalue weighted by Crippen LogP contribution is 2.16. The number of likely N-dealkylation sites (N-methyl/N-ethyl adjacent to an activating group) is 1. The molecule has 2 heterocycles. The summed E-state index contributed by atoms with van der Waals surface area (Å²) in [7, 11) is 2.10. The first-order valence-electron chi connectivity index (χ1n) is 6.96. The van der Waals surface area contributed by atoms with Gasteiger partial charge in [0.25, 0.3) is 0 Å². The number of nitrogens with zero attached hydrogens (tertiary/aromatic N) is 2. The van der Waals surface area contributed by atoms with Crippen LogP contribution in [0, 0.1) is 5.92 Å². The third kappa shape index (κ3) is 2.96. The third-order valence-corrected chi connectivity index (χ3v) is 3.99. The van der Waals surface area contributed by atoms with Crippen molar-refractivity contribution in [3.05, 3.63) is 35.9 Å². The van der Waals surface area contributed by atoms with Gasteiger partial charge in [0.15, 0.2) is 0 Å². The van der Waals surface area contributed by atoms with Crippen LogP contribution in [0.3, 0.4) is 0 Å². The van der Waals surface area contributed by atoms with Gasteiger partial charge < -0.3 is 10.2 Å². The molecule has 0 saturated carbocycles. The second-order valence-corrected chi connectivity index (χ2v) is 5.80. The molecule has 4 nitrogen and oxygen atoms in total. The minimum absolute atomic E-state index is 0.0983. The van der Waals surface area contributed by atoms with Crippen LogP contribution in [0.2, 0.25) is 0 Å². The van der Waals surface area contributed by atoms with Gasteiger partial charge in [-0.15, -0.1) is 0 Å². The zero-order valence-corrected chi connectivity index (χ0v) is 11.4. The Balaban J connectivity index is 1.73. The minimum Gasteiger partial charge on any atom is -0.350 e. The van der Waals surface area contributed by atoms with Gasteiger partial charge in [-0.05, 0) is 12.6 Å². The van der Waals surface area contributed by atoms with Crippen molar-refractivity contribution in [2.75, 3.05) is 33.2 Å². The predicted octanol–water partition coefficient (Wildman–Crippen LogP) is 0.549. The summed E-state index contributed by atoms with van der Waals surface area (Å²) in [6.07, 6.45) is 0. The van der Waals surface area contributed by atoms with E-state index < -0.39 is 0 Å².